The molecule has 1 aliphatic heterocycles. The zero-order chi connectivity index (χ0) is 10.6. The molecule has 0 bridgehead atoms. The molecular weight excluding hydrogens is 193 g/mol. The van der Waals surface area contributed by atoms with Crippen molar-refractivity contribution in [2.45, 2.75) is 32.0 Å². The van der Waals surface area contributed by atoms with Gasteiger partial charge >= 0.3 is 6.18 Å². The zero-order valence-electron chi connectivity index (χ0n) is 8.40. The van der Waals surface area contributed by atoms with Crippen LogP contribution in [0.5, 0.6) is 0 Å². The van der Waals surface area contributed by atoms with Gasteiger partial charge in [0.15, 0.2) is 0 Å². The second-order valence-electron chi connectivity index (χ2n) is 3.74. The van der Waals surface area contributed by atoms with Gasteiger partial charge in [-0.25, -0.2) is 0 Å². The smallest absolute Gasteiger partial charge is 0.313 e. The van der Waals surface area contributed by atoms with E-state index in [0.29, 0.717) is 13.1 Å². The van der Waals surface area contributed by atoms with Crippen LogP contribution in [-0.2, 0) is 0 Å². The molecule has 1 aliphatic rings. The molecule has 0 aromatic heterocycles. The van der Waals surface area contributed by atoms with Crippen LogP contribution in [-0.4, -0.2) is 43.3 Å². The highest BCUT2D eigenvalue weighted by Crippen LogP contribution is 2.17. The molecule has 0 spiro atoms. The Morgan fingerprint density at radius 2 is 2.14 bits per heavy atom. The van der Waals surface area contributed by atoms with Crippen LogP contribution < -0.4 is 5.32 Å². The highest BCUT2D eigenvalue weighted by molar-refractivity contribution is 4.78. The number of halogens is 3. The van der Waals surface area contributed by atoms with Gasteiger partial charge in [0.25, 0.3) is 0 Å². The molecule has 5 heteroatoms. The van der Waals surface area contributed by atoms with Crippen LogP contribution in [0.2, 0.25) is 0 Å². The lowest BCUT2D eigenvalue weighted by molar-refractivity contribution is -0.146. The van der Waals surface area contributed by atoms with E-state index >= 15 is 0 Å². The Balaban J connectivity index is 2.30. The van der Waals surface area contributed by atoms with E-state index in [2.05, 4.69) is 5.32 Å². The number of rotatable bonds is 4. The van der Waals surface area contributed by atoms with Gasteiger partial charge in [0.2, 0.25) is 0 Å². The molecule has 0 saturated carbocycles. The quantitative estimate of drug-likeness (QED) is 0.758. The Morgan fingerprint density at radius 1 is 1.43 bits per heavy atom. The molecule has 1 rings (SSSR count). The zero-order valence-corrected chi connectivity index (χ0v) is 8.40. The molecule has 0 aromatic carbocycles. The van der Waals surface area contributed by atoms with E-state index in [4.69, 9.17) is 0 Å². The van der Waals surface area contributed by atoms with Crippen LogP contribution >= 0.6 is 0 Å². The van der Waals surface area contributed by atoms with Crippen molar-refractivity contribution in [1.82, 2.24) is 10.2 Å². The van der Waals surface area contributed by atoms with Crippen LogP contribution in [0.1, 0.15) is 19.8 Å². The molecule has 0 aliphatic carbocycles. The topological polar surface area (TPSA) is 15.3 Å². The second-order valence-corrected chi connectivity index (χ2v) is 3.74. The molecule has 84 valence electrons. The van der Waals surface area contributed by atoms with Crippen molar-refractivity contribution in [3.8, 4) is 0 Å². The van der Waals surface area contributed by atoms with Crippen LogP contribution in [0.15, 0.2) is 0 Å². The lowest BCUT2D eigenvalue weighted by atomic mass is 10.2. The summed E-state index contributed by atoms with van der Waals surface area (Å²) < 4.78 is 36.3. The number of hydrogen-bond acceptors (Lipinski definition) is 2. The van der Waals surface area contributed by atoms with E-state index in [0.717, 1.165) is 19.4 Å². The molecule has 1 atom stereocenters. The van der Waals surface area contributed by atoms with E-state index in [1.54, 1.807) is 6.92 Å². The second kappa shape index (κ2) is 4.98. The van der Waals surface area contributed by atoms with Gasteiger partial charge in [0, 0.05) is 12.6 Å². The Kier molecular flexibility index (Phi) is 4.19. The number of nitrogens with zero attached hydrogens (tertiary/aromatic N) is 1. The predicted molar refractivity (Wildman–Crippen MR) is 49.2 cm³/mol. The third kappa shape index (κ3) is 4.28. The van der Waals surface area contributed by atoms with Gasteiger partial charge in [-0.3, -0.25) is 4.90 Å². The van der Waals surface area contributed by atoms with Crippen LogP contribution in [0.25, 0.3) is 0 Å². The summed E-state index contributed by atoms with van der Waals surface area (Å²) in [5.74, 6) is 0. The van der Waals surface area contributed by atoms with Gasteiger partial charge in [-0.15, -0.1) is 0 Å². The minimum absolute atomic E-state index is 0.247. The summed E-state index contributed by atoms with van der Waals surface area (Å²) in [6, 6.07) is 0.247. The number of alkyl halides is 3. The van der Waals surface area contributed by atoms with Gasteiger partial charge in [0.1, 0.15) is 0 Å². The molecule has 0 aromatic rings. The fraction of sp³-hybridized carbons (Fsp3) is 1.00. The third-order valence-electron chi connectivity index (χ3n) is 2.49. The summed E-state index contributed by atoms with van der Waals surface area (Å²) in [5, 5.41) is 3.20. The number of nitrogens with one attached hydrogen (secondary N) is 1. The van der Waals surface area contributed by atoms with Gasteiger partial charge in [0.05, 0.1) is 6.54 Å². The van der Waals surface area contributed by atoms with Gasteiger partial charge in [-0.1, -0.05) is 6.92 Å². The molecule has 1 heterocycles. The minimum atomic E-state index is -4.07. The van der Waals surface area contributed by atoms with Crippen molar-refractivity contribution in [2.24, 2.45) is 0 Å². The summed E-state index contributed by atoms with van der Waals surface area (Å²) in [4.78, 5) is 1.45. The van der Waals surface area contributed by atoms with Crippen molar-refractivity contribution in [1.29, 1.82) is 0 Å². The number of hydrogen-bond donors (Lipinski definition) is 1. The summed E-state index contributed by atoms with van der Waals surface area (Å²) in [6.45, 7) is 2.88. The third-order valence-corrected chi connectivity index (χ3v) is 2.49. The summed E-state index contributed by atoms with van der Waals surface area (Å²) in [7, 11) is 0. The van der Waals surface area contributed by atoms with E-state index < -0.39 is 12.7 Å². The molecule has 1 fully saturated rings. The van der Waals surface area contributed by atoms with Crippen LogP contribution in [0.4, 0.5) is 13.2 Å². The normalized spacial score (nSPS) is 23.4. The minimum Gasteiger partial charge on any atom is -0.313 e. The Morgan fingerprint density at radius 3 is 2.57 bits per heavy atom. The summed E-state index contributed by atoms with van der Waals surface area (Å²) in [6.07, 6.45) is -2.00. The van der Waals surface area contributed by atoms with E-state index in [1.807, 2.05) is 0 Å². The summed E-state index contributed by atoms with van der Waals surface area (Å²) in [5.41, 5.74) is 0. The molecule has 0 unspecified atom stereocenters. The highest BCUT2D eigenvalue weighted by Gasteiger charge is 2.31. The Hall–Kier alpha value is -0.290. The van der Waals surface area contributed by atoms with Crippen LogP contribution in [0, 0.1) is 0 Å². The first-order valence-corrected chi connectivity index (χ1v) is 5.04. The molecular formula is C9H17F3N2. The monoisotopic (exact) mass is 210 g/mol. The fourth-order valence-corrected chi connectivity index (χ4v) is 1.78. The van der Waals surface area contributed by atoms with E-state index in [1.165, 1.54) is 4.90 Å². The van der Waals surface area contributed by atoms with Crippen molar-refractivity contribution in [2.75, 3.05) is 26.2 Å². The average Bonchev–Trinajstić information content (AvgIpc) is 2.53. The fourth-order valence-electron chi connectivity index (χ4n) is 1.78. The standard InChI is InChI=1S/C9H17F3N2/c1-2-14(7-9(10,11)12)6-8-4-3-5-13-8/h8,13H,2-7H2,1H3/t8-/m1/s1. The molecule has 0 amide bonds. The van der Waals surface area contributed by atoms with Crippen molar-refractivity contribution in [3.05, 3.63) is 0 Å². The molecule has 14 heavy (non-hydrogen) atoms. The predicted octanol–water partition coefficient (Wildman–Crippen LogP) is 1.62. The Labute approximate surface area is 82.5 Å². The summed E-state index contributed by atoms with van der Waals surface area (Å²) >= 11 is 0. The average molecular weight is 210 g/mol. The first-order chi connectivity index (χ1) is 6.51. The molecule has 1 saturated heterocycles. The Bertz CT molecular complexity index is 164. The SMILES string of the molecule is CCN(C[C@H]1CCCN1)CC(F)(F)F. The van der Waals surface area contributed by atoms with Gasteiger partial charge in [-0.2, -0.15) is 13.2 Å². The van der Waals surface area contributed by atoms with Gasteiger partial charge < -0.3 is 5.32 Å². The largest absolute Gasteiger partial charge is 0.401 e. The maximum Gasteiger partial charge on any atom is 0.401 e. The van der Waals surface area contributed by atoms with Gasteiger partial charge in [-0.05, 0) is 25.9 Å². The molecule has 1 N–H and O–H groups in total. The number of likely N-dealkylation sites (N-methyl/N-ethyl adjacent to an activating group) is 1. The first kappa shape index (κ1) is 11.8. The van der Waals surface area contributed by atoms with Crippen molar-refractivity contribution in [3.63, 3.8) is 0 Å². The first-order valence-electron chi connectivity index (χ1n) is 5.04. The van der Waals surface area contributed by atoms with Crippen molar-refractivity contribution < 1.29 is 13.2 Å². The lowest BCUT2D eigenvalue weighted by Gasteiger charge is -2.25. The lowest BCUT2D eigenvalue weighted by Crippen LogP contribution is -2.42. The van der Waals surface area contributed by atoms with Crippen LogP contribution in [0.3, 0.4) is 0 Å². The maximum absolute atomic E-state index is 12.1. The molecule has 2 nitrogen and oxygen atoms in total. The molecule has 0 radical (unpaired) electrons. The maximum atomic E-state index is 12.1. The van der Waals surface area contributed by atoms with Crippen molar-refractivity contribution >= 4 is 0 Å². The van der Waals surface area contributed by atoms with E-state index in [9.17, 15) is 13.2 Å². The highest BCUT2D eigenvalue weighted by atomic mass is 19.4. The van der Waals surface area contributed by atoms with E-state index in [-0.39, 0.29) is 6.04 Å².